The Morgan fingerprint density at radius 3 is 2.75 bits per heavy atom. The van der Waals surface area contributed by atoms with Gasteiger partial charge in [0.15, 0.2) is 0 Å². The second-order valence-corrected chi connectivity index (χ2v) is 5.26. The fourth-order valence-electron chi connectivity index (χ4n) is 3.09. The highest BCUT2D eigenvalue weighted by Crippen LogP contribution is 2.39. The lowest BCUT2D eigenvalue weighted by Crippen LogP contribution is -2.39. The van der Waals surface area contributed by atoms with E-state index in [0.29, 0.717) is 6.04 Å². The van der Waals surface area contributed by atoms with Crippen molar-refractivity contribution in [1.29, 1.82) is 0 Å². The van der Waals surface area contributed by atoms with Gasteiger partial charge in [-0.2, -0.15) is 0 Å². The Hall–Kier alpha value is -1.02. The van der Waals surface area contributed by atoms with Crippen molar-refractivity contribution < 1.29 is 0 Å². The molecule has 0 radical (unpaired) electrons. The number of nitrogens with zero attached hydrogens (tertiary/aromatic N) is 1. The molecule has 2 aliphatic carbocycles. The Bertz CT molecular complexity index is 396. The van der Waals surface area contributed by atoms with Crippen LogP contribution in [0.2, 0.25) is 0 Å². The number of hydrogen-bond donors (Lipinski definition) is 1. The fourth-order valence-corrected chi connectivity index (χ4v) is 3.09. The van der Waals surface area contributed by atoms with Crippen molar-refractivity contribution in [2.24, 2.45) is 0 Å². The molecule has 0 spiro atoms. The molecule has 3 rings (SSSR count). The Balaban J connectivity index is 1.84. The normalized spacial score (nSPS) is 24.5. The quantitative estimate of drug-likeness (QED) is 0.770. The molecule has 1 atom stereocenters. The van der Waals surface area contributed by atoms with Gasteiger partial charge in [-0.25, -0.2) is 0 Å². The highest BCUT2D eigenvalue weighted by atomic mass is 15.2. The zero-order chi connectivity index (χ0) is 11.1. The standard InChI is InChI=1S/C14H20N2/c1-16(12-3-2-4-12)14-8-5-10-9-11(15)6-7-13(10)14/h6-7,9,12,14H,2-5,8,15H2,1H3. The van der Waals surface area contributed by atoms with Gasteiger partial charge >= 0.3 is 0 Å². The molecule has 86 valence electrons. The number of hydrogen-bond acceptors (Lipinski definition) is 2. The van der Waals surface area contributed by atoms with Crippen LogP contribution in [0.4, 0.5) is 5.69 Å². The SMILES string of the molecule is CN(C1CCC1)C1CCc2cc(N)ccc21. The second-order valence-electron chi connectivity index (χ2n) is 5.26. The lowest BCUT2D eigenvalue weighted by Gasteiger charge is -2.39. The monoisotopic (exact) mass is 216 g/mol. The van der Waals surface area contributed by atoms with Crippen LogP contribution in [0, 0.1) is 0 Å². The number of nitrogen functional groups attached to an aromatic ring is 1. The van der Waals surface area contributed by atoms with Crippen LogP contribution in [0.15, 0.2) is 18.2 Å². The minimum Gasteiger partial charge on any atom is -0.399 e. The molecule has 1 fully saturated rings. The summed E-state index contributed by atoms with van der Waals surface area (Å²) < 4.78 is 0. The summed E-state index contributed by atoms with van der Waals surface area (Å²) in [6.45, 7) is 0. The summed E-state index contributed by atoms with van der Waals surface area (Å²) in [5.41, 5.74) is 9.73. The van der Waals surface area contributed by atoms with Gasteiger partial charge in [-0.1, -0.05) is 12.5 Å². The van der Waals surface area contributed by atoms with E-state index in [1.54, 1.807) is 0 Å². The van der Waals surface area contributed by atoms with Gasteiger partial charge in [0, 0.05) is 17.8 Å². The first-order chi connectivity index (χ1) is 7.75. The van der Waals surface area contributed by atoms with Crippen LogP contribution in [0.5, 0.6) is 0 Å². The van der Waals surface area contributed by atoms with Gasteiger partial charge in [0.25, 0.3) is 0 Å². The van der Waals surface area contributed by atoms with Gasteiger partial charge in [-0.15, -0.1) is 0 Å². The van der Waals surface area contributed by atoms with Crippen molar-refractivity contribution in [2.75, 3.05) is 12.8 Å². The van der Waals surface area contributed by atoms with E-state index in [4.69, 9.17) is 5.73 Å². The van der Waals surface area contributed by atoms with Crippen molar-refractivity contribution in [3.05, 3.63) is 29.3 Å². The molecule has 2 heteroatoms. The largest absolute Gasteiger partial charge is 0.399 e. The van der Waals surface area contributed by atoms with Crippen LogP contribution in [0.25, 0.3) is 0 Å². The average molecular weight is 216 g/mol. The third-order valence-corrected chi connectivity index (χ3v) is 4.36. The van der Waals surface area contributed by atoms with Crippen molar-refractivity contribution in [3.63, 3.8) is 0 Å². The predicted molar refractivity (Wildman–Crippen MR) is 67.3 cm³/mol. The fraction of sp³-hybridized carbons (Fsp3) is 0.571. The summed E-state index contributed by atoms with van der Waals surface area (Å²) in [4.78, 5) is 2.59. The van der Waals surface area contributed by atoms with E-state index in [-0.39, 0.29) is 0 Å². The molecule has 16 heavy (non-hydrogen) atoms. The molecule has 0 saturated heterocycles. The van der Waals surface area contributed by atoms with E-state index in [1.165, 1.54) is 43.2 Å². The molecule has 0 heterocycles. The Labute approximate surface area is 97.4 Å². The predicted octanol–water partition coefficient (Wildman–Crippen LogP) is 2.74. The summed E-state index contributed by atoms with van der Waals surface area (Å²) in [6.07, 6.45) is 6.65. The Kier molecular flexibility index (Phi) is 2.40. The molecule has 0 bridgehead atoms. The van der Waals surface area contributed by atoms with Gasteiger partial charge in [0.05, 0.1) is 0 Å². The lowest BCUT2D eigenvalue weighted by molar-refractivity contribution is 0.110. The zero-order valence-corrected chi connectivity index (χ0v) is 9.95. The molecule has 2 nitrogen and oxygen atoms in total. The highest BCUT2D eigenvalue weighted by Gasteiger charge is 2.32. The zero-order valence-electron chi connectivity index (χ0n) is 9.95. The second kappa shape index (κ2) is 3.77. The van der Waals surface area contributed by atoms with Crippen LogP contribution in [-0.4, -0.2) is 18.0 Å². The van der Waals surface area contributed by atoms with E-state index in [2.05, 4.69) is 24.1 Å². The molecule has 2 aliphatic rings. The molecule has 1 saturated carbocycles. The lowest BCUT2D eigenvalue weighted by atomic mass is 9.90. The molecule has 1 aromatic carbocycles. The van der Waals surface area contributed by atoms with Gasteiger partial charge in [0.2, 0.25) is 0 Å². The minimum atomic E-state index is 0.640. The van der Waals surface area contributed by atoms with Crippen LogP contribution in [0.3, 0.4) is 0 Å². The summed E-state index contributed by atoms with van der Waals surface area (Å²) in [5.74, 6) is 0. The van der Waals surface area contributed by atoms with Crippen LogP contribution in [-0.2, 0) is 6.42 Å². The van der Waals surface area contributed by atoms with E-state index < -0.39 is 0 Å². The number of fused-ring (bicyclic) bond motifs is 1. The first-order valence-corrected chi connectivity index (χ1v) is 6.36. The number of rotatable bonds is 2. The van der Waals surface area contributed by atoms with E-state index in [0.717, 1.165) is 11.7 Å². The summed E-state index contributed by atoms with van der Waals surface area (Å²) >= 11 is 0. The smallest absolute Gasteiger partial charge is 0.0353 e. The van der Waals surface area contributed by atoms with Gasteiger partial charge in [0.1, 0.15) is 0 Å². The molecule has 0 aliphatic heterocycles. The maximum absolute atomic E-state index is 5.84. The van der Waals surface area contributed by atoms with Gasteiger partial charge in [-0.05, 0) is 56.0 Å². The van der Waals surface area contributed by atoms with Gasteiger partial charge in [-0.3, -0.25) is 4.90 Å². The third kappa shape index (κ3) is 1.52. The van der Waals surface area contributed by atoms with E-state index in [9.17, 15) is 0 Å². The van der Waals surface area contributed by atoms with Gasteiger partial charge < -0.3 is 5.73 Å². The van der Waals surface area contributed by atoms with Crippen molar-refractivity contribution >= 4 is 5.69 Å². The number of benzene rings is 1. The molecule has 2 N–H and O–H groups in total. The Morgan fingerprint density at radius 2 is 2.06 bits per heavy atom. The average Bonchev–Trinajstić information content (AvgIpc) is 2.57. The van der Waals surface area contributed by atoms with E-state index in [1.807, 2.05) is 6.07 Å². The molecule has 0 aromatic heterocycles. The van der Waals surface area contributed by atoms with Crippen LogP contribution < -0.4 is 5.73 Å². The number of aryl methyl sites for hydroxylation is 1. The van der Waals surface area contributed by atoms with Crippen molar-refractivity contribution in [1.82, 2.24) is 4.90 Å². The highest BCUT2D eigenvalue weighted by molar-refractivity contribution is 5.47. The minimum absolute atomic E-state index is 0.640. The molecule has 1 unspecified atom stereocenters. The summed E-state index contributed by atoms with van der Waals surface area (Å²) in [5, 5.41) is 0. The topological polar surface area (TPSA) is 29.3 Å². The first kappa shape index (κ1) is 10.2. The maximum atomic E-state index is 5.84. The molecule has 0 amide bonds. The van der Waals surface area contributed by atoms with Crippen molar-refractivity contribution in [2.45, 2.75) is 44.2 Å². The Morgan fingerprint density at radius 1 is 1.25 bits per heavy atom. The van der Waals surface area contributed by atoms with Crippen LogP contribution in [0.1, 0.15) is 42.9 Å². The number of nitrogens with two attached hydrogens (primary N) is 1. The number of anilines is 1. The van der Waals surface area contributed by atoms with Crippen LogP contribution >= 0.6 is 0 Å². The third-order valence-electron chi connectivity index (χ3n) is 4.36. The van der Waals surface area contributed by atoms with E-state index >= 15 is 0 Å². The maximum Gasteiger partial charge on any atom is 0.0353 e. The molecular weight excluding hydrogens is 196 g/mol. The molecule has 1 aromatic rings. The summed E-state index contributed by atoms with van der Waals surface area (Å²) in [6, 6.07) is 7.90. The van der Waals surface area contributed by atoms with Crippen molar-refractivity contribution in [3.8, 4) is 0 Å². The first-order valence-electron chi connectivity index (χ1n) is 6.36. The molecular formula is C14H20N2. The summed E-state index contributed by atoms with van der Waals surface area (Å²) in [7, 11) is 2.29.